The molecule has 1 saturated heterocycles. The van der Waals surface area contributed by atoms with Crippen molar-refractivity contribution in [2.75, 3.05) is 18.0 Å². The summed E-state index contributed by atoms with van der Waals surface area (Å²) < 4.78 is 0. The Morgan fingerprint density at radius 1 is 1.17 bits per heavy atom. The Morgan fingerprint density at radius 2 is 1.67 bits per heavy atom. The van der Waals surface area contributed by atoms with Gasteiger partial charge in [0.1, 0.15) is 0 Å². The number of anilines is 1. The number of aryl methyl sites for hydroxylation is 2. The molecule has 1 aromatic carbocycles. The van der Waals surface area contributed by atoms with E-state index in [1.54, 1.807) is 12.1 Å². The number of nitro benzene ring substituents is 1. The van der Waals surface area contributed by atoms with Crippen molar-refractivity contribution in [3.05, 3.63) is 33.4 Å². The summed E-state index contributed by atoms with van der Waals surface area (Å²) >= 11 is 0. The third-order valence-corrected chi connectivity index (χ3v) is 3.65. The van der Waals surface area contributed by atoms with Crippen molar-refractivity contribution >= 4 is 11.4 Å². The van der Waals surface area contributed by atoms with Crippen LogP contribution in [0.15, 0.2) is 12.1 Å². The van der Waals surface area contributed by atoms with Crippen LogP contribution >= 0.6 is 0 Å². The van der Waals surface area contributed by atoms with E-state index in [-0.39, 0.29) is 10.6 Å². The van der Waals surface area contributed by atoms with Gasteiger partial charge in [0, 0.05) is 30.9 Å². The van der Waals surface area contributed by atoms with Gasteiger partial charge in [0.15, 0.2) is 0 Å². The van der Waals surface area contributed by atoms with Crippen molar-refractivity contribution in [1.29, 1.82) is 0 Å². The summed E-state index contributed by atoms with van der Waals surface area (Å²) in [5, 5.41) is 11.0. The fraction of sp³-hybridized carbons (Fsp3) is 0.571. The minimum atomic E-state index is -0.286. The minimum Gasteiger partial charge on any atom is -0.371 e. The molecule has 1 fully saturated rings. The monoisotopic (exact) mass is 248 g/mol. The Kier molecular flexibility index (Phi) is 3.84. The highest BCUT2D eigenvalue weighted by atomic mass is 16.6. The molecule has 0 amide bonds. The van der Waals surface area contributed by atoms with Crippen molar-refractivity contribution in [2.24, 2.45) is 0 Å². The maximum Gasteiger partial charge on any atom is 0.270 e. The third kappa shape index (κ3) is 2.33. The Bertz CT molecular complexity index is 426. The number of hydrogen-bond donors (Lipinski definition) is 0. The molecule has 0 N–H and O–H groups in total. The second-order valence-electron chi connectivity index (χ2n) is 4.77. The van der Waals surface area contributed by atoms with Crippen LogP contribution in [0, 0.1) is 10.1 Å². The standard InChI is InChI=1S/C14H20N2O2/c1-3-11-9-13(16(17)18)10-12(4-2)14(11)15-7-5-6-8-15/h9-10H,3-8H2,1-2H3. The van der Waals surface area contributed by atoms with E-state index in [4.69, 9.17) is 0 Å². The zero-order valence-corrected chi connectivity index (χ0v) is 11.1. The molecule has 0 bridgehead atoms. The molecule has 4 heteroatoms. The van der Waals surface area contributed by atoms with Gasteiger partial charge in [0.05, 0.1) is 4.92 Å². The highest BCUT2D eigenvalue weighted by Gasteiger charge is 2.21. The number of nitrogens with zero attached hydrogens (tertiary/aromatic N) is 2. The Balaban J connectivity index is 2.51. The second kappa shape index (κ2) is 5.38. The summed E-state index contributed by atoms with van der Waals surface area (Å²) in [7, 11) is 0. The summed E-state index contributed by atoms with van der Waals surface area (Å²) in [5.41, 5.74) is 3.71. The van der Waals surface area contributed by atoms with Crippen LogP contribution in [0.1, 0.15) is 37.8 Å². The Hall–Kier alpha value is -1.58. The average Bonchev–Trinajstić information content (AvgIpc) is 2.90. The Labute approximate surface area is 108 Å². The molecule has 0 atom stereocenters. The first kappa shape index (κ1) is 12.9. The van der Waals surface area contributed by atoms with E-state index < -0.39 is 0 Å². The molecule has 0 aromatic heterocycles. The molecule has 2 rings (SSSR count). The topological polar surface area (TPSA) is 46.4 Å². The van der Waals surface area contributed by atoms with Gasteiger partial charge >= 0.3 is 0 Å². The maximum atomic E-state index is 11.0. The molecule has 98 valence electrons. The van der Waals surface area contributed by atoms with E-state index in [0.717, 1.165) is 37.1 Å². The third-order valence-electron chi connectivity index (χ3n) is 3.65. The number of nitro groups is 1. The zero-order chi connectivity index (χ0) is 13.1. The van der Waals surface area contributed by atoms with Gasteiger partial charge in [-0.15, -0.1) is 0 Å². The van der Waals surface area contributed by atoms with Crippen LogP contribution in [0.2, 0.25) is 0 Å². The summed E-state index contributed by atoms with van der Waals surface area (Å²) in [4.78, 5) is 13.1. The average molecular weight is 248 g/mol. The van der Waals surface area contributed by atoms with Crippen LogP contribution in [0.4, 0.5) is 11.4 Å². The molecular formula is C14H20N2O2. The molecule has 0 unspecified atom stereocenters. The van der Waals surface area contributed by atoms with E-state index in [0.29, 0.717) is 0 Å². The molecule has 18 heavy (non-hydrogen) atoms. The molecule has 4 nitrogen and oxygen atoms in total. The predicted molar refractivity (Wildman–Crippen MR) is 73.3 cm³/mol. The largest absolute Gasteiger partial charge is 0.371 e. The first-order valence-corrected chi connectivity index (χ1v) is 6.72. The van der Waals surface area contributed by atoms with Gasteiger partial charge in [0.25, 0.3) is 5.69 Å². The van der Waals surface area contributed by atoms with Crippen LogP contribution in [-0.4, -0.2) is 18.0 Å². The van der Waals surface area contributed by atoms with Gasteiger partial charge in [-0.05, 0) is 36.8 Å². The molecule has 0 aliphatic carbocycles. The van der Waals surface area contributed by atoms with Gasteiger partial charge in [0.2, 0.25) is 0 Å². The normalized spacial score (nSPS) is 15.1. The van der Waals surface area contributed by atoms with Gasteiger partial charge in [-0.2, -0.15) is 0 Å². The second-order valence-corrected chi connectivity index (χ2v) is 4.77. The smallest absolute Gasteiger partial charge is 0.270 e. The summed E-state index contributed by atoms with van der Waals surface area (Å²) in [6, 6.07) is 3.49. The van der Waals surface area contributed by atoms with E-state index in [2.05, 4.69) is 18.7 Å². The number of rotatable bonds is 4. The molecular weight excluding hydrogens is 228 g/mol. The van der Waals surface area contributed by atoms with Gasteiger partial charge < -0.3 is 4.90 Å². The van der Waals surface area contributed by atoms with Crippen LogP contribution < -0.4 is 4.90 Å². The van der Waals surface area contributed by atoms with Crippen molar-refractivity contribution in [2.45, 2.75) is 39.5 Å². The van der Waals surface area contributed by atoms with Crippen molar-refractivity contribution in [3.8, 4) is 0 Å². The molecule has 1 aliphatic rings. The summed E-state index contributed by atoms with van der Waals surface area (Å²) in [6.07, 6.45) is 4.15. The van der Waals surface area contributed by atoms with Crippen molar-refractivity contribution in [1.82, 2.24) is 0 Å². The van der Waals surface area contributed by atoms with Crippen molar-refractivity contribution < 1.29 is 4.92 Å². The summed E-state index contributed by atoms with van der Waals surface area (Å²) in [6.45, 7) is 6.30. The molecule has 0 saturated carbocycles. The lowest BCUT2D eigenvalue weighted by Gasteiger charge is -2.24. The van der Waals surface area contributed by atoms with Crippen LogP contribution in [0.25, 0.3) is 0 Å². The van der Waals surface area contributed by atoms with Crippen LogP contribution in [0.3, 0.4) is 0 Å². The maximum absolute atomic E-state index is 11.0. The lowest BCUT2D eigenvalue weighted by molar-refractivity contribution is -0.385. The van der Waals surface area contributed by atoms with Gasteiger partial charge in [-0.25, -0.2) is 0 Å². The molecule has 1 aromatic rings. The zero-order valence-electron chi connectivity index (χ0n) is 11.1. The fourth-order valence-corrected chi connectivity index (χ4v) is 2.73. The lowest BCUT2D eigenvalue weighted by atomic mass is 10.0. The molecule has 1 heterocycles. The highest BCUT2D eigenvalue weighted by Crippen LogP contribution is 2.33. The fourth-order valence-electron chi connectivity index (χ4n) is 2.73. The van der Waals surface area contributed by atoms with Crippen LogP contribution in [-0.2, 0) is 12.8 Å². The lowest BCUT2D eigenvalue weighted by Crippen LogP contribution is -2.21. The summed E-state index contributed by atoms with van der Waals surface area (Å²) in [5.74, 6) is 0. The number of hydrogen-bond acceptors (Lipinski definition) is 3. The van der Waals surface area contributed by atoms with E-state index in [1.165, 1.54) is 18.5 Å². The molecule has 0 spiro atoms. The quantitative estimate of drug-likeness (QED) is 0.606. The SMILES string of the molecule is CCc1cc([N+](=O)[O-])cc(CC)c1N1CCCC1. The molecule has 1 aliphatic heterocycles. The van der Waals surface area contributed by atoms with Crippen LogP contribution in [0.5, 0.6) is 0 Å². The van der Waals surface area contributed by atoms with E-state index >= 15 is 0 Å². The first-order valence-electron chi connectivity index (χ1n) is 6.72. The van der Waals surface area contributed by atoms with Gasteiger partial charge in [-0.3, -0.25) is 10.1 Å². The minimum absolute atomic E-state index is 0.228. The molecule has 0 radical (unpaired) electrons. The predicted octanol–water partition coefficient (Wildman–Crippen LogP) is 3.32. The highest BCUT2D eigenvalue weighted by molar-refractivity contribution is 5.64. The van der Waals surface area contributed by atoms with Gasteiger partial charge in [-0.1, -0.05) is 13.8 Å². The Morgan fingerprint density at radius 3 is 2.06 bits per heavy atom. The van der Waals surface area contributed by atoms with Crippen molar-refractivity contribution in [3.63, 3.8) is 0 Å². The number of benzene rings is 1. The van der Waals surface area contributed by atoms with E-state index in [1.807, 2.05) is 0 Å². The first-order chi connectivity index (χ1) is 8.67. The van der Waals surface area contributed by atoms with E-state index in [9.17, 15) is 10.1 Å². The number of non-ortho nitro benzene ring substituents is 1.